The third kappa shape index (κ3) is 5.32. The molecule has 0 N–H and O–H groups in total. The van der Waals surface area contributed by atoms with E-state index in [1.54, 1.807) is 0 Å². The van der Waals surface area contributed by atoms with Crippen LogP contribution in [0.2, 0.25) is 0 Å². The van der Waals surface area contributed by atoms with Crippen molar-refractivity contribution >= 4 is 59.3 Å². The van der Waals surface area contributed by atoms with E-state index >= 15 is 0 Å². The van der Waals surface area contributed by atoms with Crippen molar-refractivity contribution in [1.29, 1.82) is 0 Å². The predicted molar refractivity (Wildman–Crippen MR) is 233 cm³/mol. The summed E-state index contributed by atoms with van der Waals surface area (Å²) in [5.74, 6) is 1.74. The summed E-state index contributed by atoms with van der Waals surface area (Å²) >= 11 is 1.85. The molecule has 0 spiro atoms. The van der Waals surface area contributed by atoms with Crippen molar-refractivity contribution in [3.8, 4) is 56.0 Å². The summed E-state index contributed by atoms with van der Waals surface area (Å²) in [7, 11) is 0. The van der Waals surface area contributed by atoms with Gasteiger partial charge >= 0.3 is 0 Å². The minimum atomic E-state index is 0.867. The van der Waals surface area contributed by atoms with E-state index in [4.69, 9.17) is 4.74 Å². The minimum Gasteiger partial charge on any atom is -0.456 e. The highest BCUT2D eigenvalue weighted by Crippen LogP contribution is 2.52. The van der Waals surface area contributed by atoms with Gasteiger partial charge in [-0.15, -0.1) is 11.3 Å². The zero-order valence-corrected chi connectivity index (χ0v) is 30.6. The van der Waals surface area contributed by atoms with E-state index < -0.39 is 0 Å². The lowest BCUT2D eigenvalue weighted by atomic mass is 9.90. The van der Waals surface area contributed by atoms with Gasteiger partial charge in [0.1, 0.15) is 11.5 Å². The average molecular weight is 720 g/mol. The highest BCUT2D eigenvalue weighted by Gasteiger charge is 2.26. The molecule has 0 atom stereocenters. The van der Waals surface area contributed by atoms with Gasteiger partial charge in [0.05, 0.1) is 11.4 Å². The van der Waals surface area contributed by atoms with Gasteiger partial charge in [-0.2, -0.15) is 0 Å². The lowest BCUT2D eigenvalue weighted by molar-refractivity contribution is 0.487. The van der Waals surface area contributed by atoms with Crippen LogP contribution in [0, 0.1) is 0 Å². The maximum atomic E-state index is 6.89. The van der Waals surface area contributed by atoms with Gasteiger partial charge in [0.15, 0.2) is 0 Å². The first kappa shape index (κ1) is 31.6. The summed E-state index contributed by atoms with van der Waals surface area (Å²) < 4.78 is 9.46. The van der Waals surface area contributed by atoms with Crippen molar-refractivity contribution in [3.05, 3.63) is 200 Å². The molecule has 0 fully saturated rings. The zero-order chi connectivity index (χ0) is 36.3. The summed E-state index contributed by atoms with van der Waals surface area (Å²) in [5.41, 5.74) is 12.7. The third-order valence-electron chi connectivity index (χ3n) is 10.8. The first-order valence-corrected chi connectivity index (χ1v) is 19.5. The number of hydrogen-bond donors (Lipinski definition) is 0. The molecule has 1 aliphatic heterocycles. The maximum Gasteiger partial charge on any atom is 0.136 e. The van der Waals surface area contributed by atoms with Gasteiger partial charge in [0, 0.05) is 42.2 Å². The number of anilines is 3. The molecule has 0 radical (unpaired) electrons. The molecule has 3 heteroatoms. The van der Waals surface area contributed by atoms with Crippen LogP contribution >= 0.6 is 11.3 Å². The number of thiophene rings is 1. The monoisotopic (exact) mass is 719 g/mol. The number of benzene rings is 9. The minimum absolute atomic E-state index is 0.867. The molecule has 0 unspecified atom stereocenters. The molecule has 0 saturated carbocycles. The van der Waals surface area contributed by atoms with Crippen molar-refractivity contribution in [2.75, 3.05) is 4.90 Å². The van der Waals surface area contributed by atoms with Crippen LogP contribution in [0.25, 0.3) is 75.5 Å². The molecular formula is C52H33NOS. The Balaban J connectivity index is 1.07. The van der Waals surface area contributed by atoms with Crippen LogP contribution in [-0.2, 0) is 0 Å². The van der Waals surface area contributed by atoms with Gasteiger partial charge in [-0.3, -0.25) is 0 Å². The first-order chi connectivity index (χ1) is 27.3. The second-order valence-corrected chi connectivity index (χ2v) is 15.2. The van der Waals surface area contributed by atoms with Gasteiger partial charge in [0.25, 0.3) is 0 Å². The number of para-hydroxylation sites is 1. The summed E-state index contributed by atoms with van der Waals surface area (Å²) in [6.45, 7) is 0. The van der Waals surface area contributed by atoms with Gasteiger partial charge in [0.2, 0.25) is 0 Å². The van der Waals surface area contributed by atoms with Crippen molar-refractivity contribution in [2.45, 2.75) is 0 Å². The smallest absolute Gasteiger partial charge is 0.136 e. The Morgan fingerprint density at radius 2 is 0.964 bits per heavy atom. The van der Waals surface area contributed by atoms with Crippen LogP contribution in [0.15, 0.2) is 200 Å². The molecule has 2 nitrogen and oxygen atoms in total. The van der Waals surface area contributed by atoms with Crippen LogP contribution in [0.4, 0.5) is 17.1 Å². The van der Waals surface area contributed by atoms with Gasteiger partial charge in [-0.05, 0) is 112 Å². The maximum absolute atomic E-state index is 6.89. The highest BCUT2D eigenvalue weighted by atomic mass is 32.1. The van der Waals surface area contributed by atoms with Crippen LogP contribution in [0.5, 0.6) is 11.5 Å². The summed E-state index contributed by atoms with van der Waals surface area (Å²) in [6, 6.07) is 72.0. The standard InChI is InChI=1S/C52H33NOS/c1-4-14-34(15-5-1)37-30-38(35-16-6-2-7-17-35)32-39(31-37)36-26-27-41-42-21-12-22-43-45(28-29-47(51(42)43)54-48(41)33-36)53(40-18-8-3-9-19-40)46-23-13-25-50-52(46)44-20-10-11-24-49(44)55-50/h1-33H. The lowest BCUT2D eigenvalue weighted by Crippen LogP contribution is -2.11. The van der Waals surface area contributed by atoms with Gasteiger partial charge in [-0.1, -0.05) is 127 Å². The lowest BCUT2D eigenvalue weighted by Gasteiger charge is -2.30. The zero-order valence-electron chi connectivity index (χ0n) is 29.8. The fraction of sp³-hybridized carbons (Fsp3) is 0. The normalized spacial score (nSPS) is 11.8. The highest BCUT2D eigenvalue weighted by molar-refractivity contribution is 7.26. The average Bonchev–Trinajstić information content (AvgIpc) is 3.65. The van der Waals surface area contributed by atoms with Crippen LogP contribution in [-0.4, -0.2) is 0 Å². The number of rotatable bonds is 6. The number of hydrogen-bond acceptors (Lipinski definition) is 3. The molecule has 2 heterocycles. The Kier molecular flexibility index (Phi) is 7.39. The molecule has 0 bridgehead atoms. The topological polar surface area (TPSA) is 12.5 Å². The van der Waals surface area contributed by atoms with Crippen molar-refractivity contribution in [1.82, 2.24) is 0 Å². The number of nitrogens with zero attached hydrogens (tertiary/aromatic N) is 1. The second kappa shape index (κ2) is 12.9. The quantitative estimate of drug-likeness (QED) is 0.170. The molecule has 1 aromatic heterocycles. The molecule has 10 aromatic rings. The van der Waals surface area contributed by atoms with E-state index in [1.165, 1.54) is 48.0 Å². The van der Waals surface area contributed by atoms with Crippen LogP contribution < -0.4 is 9.64 Å². The van der Waals surface area contributed by atoms with Crippen LogP contribution in [0.1, 0.15) is 0 Å². The fourth-order valence-electron chi connectivity index (χ4n) is 8.31. The Hall–Kier alpha value is -6.94. The number of ether oxygens (including phenoxy) is 1. The second-order valence-electron chi connectivity index (χ2n) is 14.1. The molecule has 258 valence electrons. The number of fused-ring (bicyclic) bond motifs is 5. The molecule has 55 heavy (non-hydrogen) atoms. The Morgan fingerprint density at radius 1 is 0.345 bits per heavy atom. The molecule has 1 aliphatic rings. The van der Waals surface area contributed by atoms with Gasteiger partial charge in [-0.25, -0.2) is 0 Å². The van der Waals surface area contributed by atoms with E-state index in [-0.39, 0.29) is 0 Å². The molecule has 11 rings (SSSR count). The largest absolute Gasteiger partial charge is 0.456 e. The van der Waals surface area contributed by atoms with Crippen molar-refractivity contribution in [3.63, 3.8) is 0 Å². The van der Waals surface area contributed by atoms with Crippen molar-refractivity contribution < 1.29 is 4.74 Å². The van der Waals surface area contributed by atoms with E-state index in [2.05, 4.69) is 205 Å². The molecule has 9 aromatic carbocycles. The molecule has 0 aliphatic carbocycles. The summed E-state index contributed by atoms with van der Waals surface area (Å²) in [4.78, 5) is 2.42. The van der Waals surface area contributed by atoms with E-state index in [1.807, 2.05) is 11.3 Å². The van der Waals surface area contributed by atoms with Crippen molar-refractivity contribution in [2.24, 2.45) is 0 Å². The predicted octanol–water partition coefficient (Wildman–Crippen LogP) is 15.5. The Morgan fingerprint density at radius 3 is 1.71 bits per heavy atom. The summed E-state index contributed by atoms with van der Waals surface area (Å²) in [5, 5.41) is 4.82. The Bertz CT molecular complexity index is 3000. The SMILES string of the molecule is c1ccc(-c2cc(-c3ccccc3)cc(-c3ccc4c(c3)Oc3ccc(N(c5ccccc5)c5cccc6sc7ccccc7c56)c5cccc-4c35)c2)cc1. The molecule has 0 saturated heterocycles. The fourth-order valence-corrected chi connectivity index (χ4v) is 9.43. The van der Waals surface area contributed by atoms with E-state index in [0.29, 0.717) is 0 Å². The van der Waals surface area contributed by atoms with Crippen LogP contribution in [0.3, 0.4) is 0 Å². The Labute approximate surface area is 323 Å². The first-order valence-electron chi connectivity index (χ1n) is 18.7. The van der Waals surface area contributed by atoms with E-state index in [9.17, 15) is 0 Å². The van der Waals surface area contributed by atoms with E-state index in [0.717, 1.165) is 56.0 Å². The van der Waals surface area contributed by atoms with Gasteiger partial charge < -0.3 is 9.64 Å². The third-order valence-corrected chi connectivity index (χ3v) is 12.0. The molecule has 0 amide bonds. The summed E-state index contributed by atoms with van der Waals surface area (Å²) in [6.07, 6.45) is 0. The molecular weight excluding hydrogens is 687 g/mol.